The standard InChI is InChI=1S/C20H16ClFN2O3S/c1-28(26,27)15-8-6-13(17(21)10-15)11-24-20(25)14-7-9-19(23-12-14)16-4-2-3-5-18(16)22/h2-10,12H,11H2,1H3,(H,24,25)/p+1. The van der Waals surface area contributed by atoms with Crippen molar-refractivity contribution < 1.29 is 17.6 Å². The summed E-state index contributed by atoms with van der Waals surface area (Å²) >= 11 is 6.13. The van der Waals surface area contributed by atoms with Crippen LogP contribution in [0.2, 0.25) is 5.02 Å². The summed E-state index contributed by atoms with van der Waals surface area (Å²) in [4.78, 5) is 16.7. The second kappa shape index (κ2) is 8.08. The molecule has 0 aliphatic rings. The van der Waals surface area contributed by atoms with E-state index in [0.29, 0.717) is 22.4 Å². The van der Waals surface area contributed by atoms with Crippen LogP contribution in [0.4, 0.5) is 4.39 Å². The summed E-state index contributed by atoms with van der Waals surface area (Å²) < 4.78 is 35.0. The minimum absolute atomic E-state index is 0.142. The molecule has 0 saturated carbocycles. The van der Waals surface area contributed by atoms with Crippen molar-refractivity contribution in [2.24, 2.45) is 0 Å². The molecule has 0 radical (unpaired) electrons. The van der Waals surface area contributed by atoms with Crippen molar-refractivity contribution >= 4 is 27.3 Å². The quantitative estimate of drug-likeness (QED) is 0.634. The minimum atomic E-state index is -3.10. The molecule has 0 aliphatic heterocycles. The molecular formula is C20H17ClFN2O3S+. The highest BCUT2D eigenvalue weighted by Crippen LogP contribution is 2.22. The molecule has 2 aromatic carbocycles. The fourth-order valence-electron chi connectivity index (χ4n) is 2.54. The van der Waals surface area contributed by atoms with Crippen molar-refractivity contribution in [2.75, 3.05) is 6.26 Å². The molecule has 0 spiro atoms. The summed E-state index contributed by atoms with van der Waals surface area (Å²) in [6.45, 7) is 0.142. The number of amides is 1. The van der Waals surface area contributed by atoms with Gasteiger partial charge in [-0.05, 0) is 42.0 Å². The van der Waals surface area contributed by atoms with Crippen molar-refractivity contribution in [2.45, 2.75) is 11.4 Å². The van der Waals surface area contributed by atoms with Gasteiger partial charge in [-0.15, -0.1) is 0 Å². The van der Waals surface area contributed by atoms with Crippen LogP contribution >= 0.6 is 11.6 Å². The molecule has 0 aliphatic carbocycles. The van der Waals surface area contributed by atoms with Crippen molar-refractivity contribution in [3.05, 3.63) is 82.8 Å². The Morgan fingerprint density at radius 1 is 1.21 bits per heavy atom. The molecule has 5 nitrogen and oxygen atoms in total. The number of benzene rings is 2. The highest BCUT2D eigenvalue weighted by molar-refractivity contribution is 7.90. The Labute approximate surface area is 167 Å². The van der Waals surface area contributed by atoms with Gasteiger partial charge in [-0.1, -0.05) is 29.8 Å². The highest BCUT2D eigenvalue weighted by atomic mass is 35.5. The zero-order chi connectivity index (χ0) is 20.3. The SMILES string of the molecule is CS(=O)(=[OH+])c1ccc(CNC(=O)c2ccc(-c3ccccc3F)nc2)c(Cl)c1. The van der Waals surface area contributed by atoms with Gasteiger partial charge in [-0.3, -0.25) is 9.78 Å². The van der Waals surface area contributed by atoms with Gasteiger partial charge in [0, 0.05) is 23.3 Å². The van der Waals surface area contributed by atoms with Gasteiger partial charge in [-0.2, -0.15) is 4.21 Å². The third-order valence-corrected chi connectivity index (χ3v) is 5.56. The Balaban J connectivity index is 1.70. The second-order valence-electron chi connectivity index (χ2n) is 6.15. The second-order valence-corrected chi connectivity index (χ2v) is 8.63. The summed E-state index contributed by atoms with van der Waals surface area (Å²) in [7, 11) is -3.10. The highest BCUT2D eigenvalue weighted by Gasteiger charge is 2.15. The first-order valence-corrected chi connectivity index (χ1v) is 10.5. The number of hydrogen-bond donors (Lipinski definition) is 1. The van der Waals surface area contributed by atoms with Crippen LogP contribution in [0.15, 0.2) is 65.7 Å². The lowest BCUT2D eigenvalue weighted by Crippen LogP contribution is -2.23. The molecule has 1 heterocycles. The number of aromatic nitrogens is 1. The Kier molecular flexibility index (Phi) is 5.76. The van der Waals surface area contributed by atoms with Gasteiger partial charge in [0.15, 0.2) is 0 Å². The van der Waals surface area contributed by atoms with E-state index in [1.165, 1.54) is 30.7 Å². The van der Waals surface area contributed by atoms with Crippen LogP contribution in [0.3, 0.4) is 0 Å². The number of nitrogens with zero attached hydrogens (tertiary/aromatic N) is 1. The number of halogens is 2. The van der Waals surface area contributed by atoms with E-state index in [0.717, 1.165) is 0 Å². The van der Waals surface area contributed by atoms with Gasteiger partial charge in [0.25, 0.3) is 15.7 Å². The van der Waals surface area contributed by atoms with Gasteiger partial charge < -0.3 is 5.32 Å². The van der Waals surface area contributed by atoms with Crippen LogP contribution in [0.25, 0.3) is 11.3 Å². The largest absolute Gasteiger partial charge is 0.348 e. The van der Waals surface area contributed by atoms with Gasteiger partial charge >= 0.3 is 0 Å². The third-order valence-electron chi connectivity index (χ3n) is 4.08. The number of pyridine rings is 1. The first kappa shape index (κ1) is 20.0. The molecule has 1 unspecified atom stereocenters. The topological polar surface area (TPSA) is 80.5 Å². The van der Waals surface area contributed by atoms with Crippen molar-refractivity contribution in [3.63, 3.8) is 0 Å². The molecule has 1 amide bonds. The lowest BCUT2D eigenvalue weighted by atomic mass is 10.1. The molecule has 0 fully saturated rings. The summed E-state index contributed by atoms with van der Waals surface area (Å²) in [5, 5.41) is 3.00. The average molecular weight is 420 g/mol. The molecule has 1 atom stereocenters. The van der Waals surface area contributed by atoms with Crippen LogP contribution in [0, 0.1) is 5.82 Å². The Morgan fingerprint density at radius 2 is 1.96 bits per heavy atom. The van der Waals surface area contributed by atoms with E-state index in [2.05, 4.69) is 10.3 Å². The predicted molar refractivity (Wildman–Crippen MR) is 107 cm³/mol. The van der Waals surface area contributed by atoms with Crippen LogP contribution < -0.4 is 5.32 Å². The van der Waals surface area contributed by atoms with Crippen molar-refractivity contribution in [1.82, 2.24) is 10.3 Å². The maximum Gasteiger partial charge on any atom is 0.299 e. The van der Waals surface area contributed by atoms with E-state index >= 15 is 0 Å². The molecule has 3 rings (SSSR count). The Morgan fingerprint density at radius 3 is 2.57 bits per heavy atom. The van der Waals surface area contributed by atoms with E-state index in [9.17, 15) is 17.6 Å². The number of hydrogen-bond acceptors (Lipinski definition) is 3. The van der Waals surface area contributed by atoms with Gasteiger partial charge in [0.2, 0.25) is 0 Å². The number of rotatable bonds is 5. The van der Waals surface area contributed by atoms with Crippen LogP contribution in [-0.2, 0) is 16.4 Å². The third kappa shape index (κ3) is 4.55. The lowest BCUT2D eigenvalue weighted by molar-refractivity contribution is 0.0950. The normalized spacial score (nSPS) is 13.0. The van der Waals surface area contributed by atoms with Gasteiger partial charge in [-0.25, -0.2) is 8.60 Å². The van der Waals surface area contributed by atoms with Crippen LogP contribution in [0.5, 0.6) is 0 Å². The summed E-state index contributed by atoms with van der Waals surface area (Å²) in [6.07, 6.45) is 2.58. The average Bonchev–Trinajstić information content (AvgIpc) is 2.66. The van der Waals surface area contributed by atoms with Crippen LogP contribution in [0.1, 0.15) is 15.9 Å². The van der Waals surface area contributed by atoms with E-state index < -0.39 is 9.84 Å². The van der Waals surface area contributed by atoms with E-state index in [1.807, 2.05) is 0 Å². The molecule has 3 aromatic rings. The number of carbonyl (C=O) groups excluding carboxylic acids is 1. The Bertz CT molecular complexity index is 1130. The zero-order valence-corrected chi connectivity index (χ0v) is 16.4. The Hall–Kier alpha value is -2.77. The van der Waals surface area contributed by atoms with Crippen molar-refractivity contribution in [1.29, 1.82) is 0 Å². The zero-order valence-electron chi connectivity index (χ0n) is 14.9. The van der Waals surface area contributed by atoms with Crippen LogP contribution in [-0.4, -0.2) is 25.6 Å². The molecule has 144 valence electrons. The molecule has 28 heavy (non-hydrogen) atoms. The lowest BCUT2D eigenvalue weighted by Gasteiger charge is -2.08. The predicted octanol–water partition coefficient (Wildman–Crippen LogP) is 4.03. The van der Waals surface area contributed by atoms with Gasteiger partial charge in [0.05, 0.1) is 17.5 Å². The number of carbonyl (C=O) groups is 1. The maximum absolute atomic E-state index is 13.8. The first-order valence-electron chi connectivity index (χ1n) is 8.25. The molecule has 0 bridgehead atoms. The maximum atomic E-state index is 13.8. The fraction of sp³-hybridized carbons (Fsp3) is 0.100. The first-order chi connectivity index (χ1) is 13.3. The summed E-state index contributed by atoms with van der Waals surface area (Å²) in [5.41, 5.74) is 1.72. The molecule has 0 saturated heterocycles. The van der Waals surface area contributed by atoms with E-state index in [4.69, 9.17) is 11.6 Å². The minimum Gasteiger partial charge on any atom is -0.348 e. The van der Waals surface area contributed by atoms with Gasteiger partial charge in [0.1, 0.15) is 10.7 Å². The fourth-order valence-corrected chi connectivity index (χ4v) is 3.51. The molecule has 2 N–H and O–H groups in total. The van der Waals surface area contributed by atoms with E-state index in [-0.39, 0.29) is 28.2 Å². The summed E-state index contributed by atoms with van der Waals surface area (Å²) in [6, 6.07) is 13.9. The van der Waals surface area contributed by atoms with E-state index in [1.54, 1.807) is 36.4 Å². The summed E-state index contributed by atoms with van der Waals surface area (Å²) in [5.74, 6) is -0.752. The van der Waals surface area contributed by atoms with Crippen molar-refractivity contribution in [3.8, 4) is 11.3 Å². The number of nitrogens with one attached hydrogen (secondary N) is 1. The monoisotopic (exact) mass is 419 g/mol. The molecular weight excluding hydrogens is 403 g/mol. The molecule has 1 aromatic heterocycles. The smallest absolute Gasteiger partial charge is 0.299 e. The molecule has 8 heteroatoms.